The van der Waals surface area contributed by atoms with Gasteiger partial charge in [-0.3, -0.25) is 4.79 Å². The summed E-state index contributed by atoms with van der Waals surface area (Å²) in [4.78, 5) is 39.0. The second-order valence-electron chi connectivity index (χ2n) is 4.17. The third-order valence-corrected chi connectivity index (χ3v) is 2.88. The number of carbonyl (C=O) groups is 3. The van der Waals surface area contributed by atoms with E-state index in [4.69, 9.17) is 4.84 Å². The van der Waals surface area contributed by atoms with Crippen LogP contribution in [0.3, 0.4) is 0 Å². The molecule has 0 aromatic carbocycles. The van der Waals surface area contributed by atoms with Crippen molar-refractivity contribution in [3.8, 4) is 0 Å². The summed E-state index contributed by atoms with van der Waals surface area (Å²) < 4.78 is 0. The summed E-state index contributed by atoms with van der Waals surface area (Å²) in [7, 11) is 0. The SMILES string of the molecule is CC1CC(C=O)C(=O)N1OC(=O)C1=CCC=C1. The Balaban J connectivity index is 2.03. The summed E-state index contributed by atoms with van der Waals surface area (Å²) >= 11 is 0. The lowest BCUT2D eigenvalue weighted by molar-refractivity contribution is -0.196. The maximum Gasteiger partial charge on any atom is 0.362 e. The van der Waals surface area contributed by atoms with Crippen LogP contribution in [0.5, 0.6) is 0 Å². The Morgan fingerprint density at radius 2 is 2.35 bits per heavy atom. The normalized spacial score (nSPS) is 27.2. The maximum atomic E-state index is 11.7. The molecule has 2 atom stereocenters. The molecule has 1 aliphatic carbocycles. The Morgan fingerprint density at radius 1 is 1.59 bits per heavy atom. The van der Waals surface area contributed by atoms with E-state index in [0.717, 1.165) is 5.06 Å². The smallest absolute Gasteiger partial charge is 0.332 e. The van der Waals surface area contributed by atoms with Crippen LogP contribution in [0.4, 0.5) is 0 Å². The van der Waals surface area contributed by atoms with Crippen LogP contribution in [-0.4, -0.2) is 29.3 Å². The van der Waals surface area contributed by atoms with Crippen LogP contribution in [0.15, 0.2) is 23.8 Å². The van der Waals surface area contributed by atoms with Crippen molar-refractivity contribution < 1.29 is 19.2 Å². The molecule has 0 radical (unpaired) electrons. The standard InChI is InChI=1S/C12H13NO4/c1-8-6-10(7-14)11(15)13(8)17-12(16)9-4-2-3-5-9/h2,4-5,7-8,10H,3,6H2,1H3. The fourth-order valence-corrected chi connectivity index (χ4v) is 1.94. The molecule has 0 N–H and O–H groups in total. The average molecular weight is 235 g/mol. The molecule has 2 aliphatic rings. The third-order valence-electron chi connectivity index (χ3n) is 2.88. The fraction of sp³-hybridized carbons (Fsp3) is 0.417. The molecule has 0 aromatic rings. The number of hydrogen-bond donors (Lipinski definition) is 0. The summed E-state index contributed by atoms with van der Waals surface area (Å²) in [5.74, 6) is -1.68. The van der Waals surface area contributed by atoms with Crippen LogP contribution < -0.4 is 0 Å². The van der Waals surface area contributed by atoms with Crippen LogP contribution in [0.1, 0.15) is 19.8 Å². The zero-order valence-electron chi connectivity index (χ0n) is 9.46. The second kappa shape index (κ2) is 4.53. The first-order valence-corrected chi connectivity index (χ1v) is 5.51. The van der Waals surface area contributed by atoms with Gasteiger partial charge in [0.15, 0.2) is 0 Å². The van der Waals surface area contributed by atoms with Crippen molar-refractivity contribution in [2.45, 2.75) is 25.8 Å². The highest BCUT2D eigenvalue weighted by Crippen LogP contribution is 2.24. The molecule has 5 nitrogen and oxygen atoms in total. The van der Waals surface area contributed by atoms with Gasteiger partial charge in [0.25, 0.3) is 5.91 Å². The number of nitrogens with zero attached hydrogens (tertiary/aromatic N) is 1. The number of hydroxylamine groups is 2. The van der Waals surface area contributed by atoms with E-state index < -0.39 is 17.8 Å². The van der Waals surface area contributed by atoms with Crippen molar-refractivity contribution in [2.75, 3.05) is 0 Å². The minimum Gasteiger partial charge on any atom is -0.332 e. The molecule has 0 bridgehead atoms. The van der Waals surface area contributed by atoms with Gasteiger partial charge in [0, 0.05) is 0 Å². The lowest BCUT2D eigenvalue weighted by Crippen LogP contribution is -2.35. The summed E-state index contributed by atoms with van der Waals surface area (Å²) in [5, 5.41) is 1.01. The van der Waals surface area contributed by atoms with Crippen LogP contribution in [-0.2, 0) is 19.2 Å². The van der Waals surface area contributed by atoms with Gasteiger partial charge in [-0.15, -0.1) is 0 Å². The minimum absolute atomic E-state index is 0.257. The van der Waals surface area contributed by atoms with Gasteiger partial charge in [-0.2, -0.15) is 5.06 Å². The van der Waals surface area contributed by atoms with Crippen molar-refractivity contribution in [1.29, 1.82) is 0 Å². The van der Waals surface area contributed by atoms with Gasteiger partial charge in [-0.25, -0.2) is 4.79 Å². The lowest BCUT2D eigenvalue weighted by Gasteiger charge is -2.19. The molecule has 5 heteroatoms. The zero-order chi connectivity index (χ0) is 12.4. The maximum absolute atomic E-state index is 11.7. The number of aldehydes is 1. The first kappa shape index (κ1) is 11.6. The highest BCUT2D eigenvalue weighted by molar-refractivity contribution is 5.96. The van der Waals surface area contributed by atoms with E-state index in [1.54, 1.807) is 19.1 Å². The molecule has 0 aromatic heterocycles. The zero-order valence-corrected chi connectivity index (χ0v) is 9.46. The third kappa shape index (κ3) is 2.13. The number of rotatable bonds is 3. The molecule has 0 saturated carbocycles. The van der Waals surface area contributed by atoms with Crippen molar-refractivity contribution in [2.24, 2.45) is 5.92 Å². The van der Waals surface area contributed by atoms with Gasteiger partial charge in [-0.05, 0) is 19.8 Å². The predicted molar refractivity (Wildman–Crippen MR) is 58.4 cm³/mol. The molecule has 2 rings (SSSR count). The van der Waals surface area contributed by atoms with Gasteiger partial charge < -0.3 is 9.63 Å². The van der Waals surface area contributed by atoms with E-state index in [-0.39, 0.29) is 6.04 Å². The van der Waals surface area contributed by atoms with Crippen LogP contribution >= 0.6 is 0 Å². The molecule has 0 spiro atoms. The Labute approximate surface area is 98.7 Å². The van der Waals surface area contributed by atoms with E-state index in [0.29, 0.717) is 24.7 Å². The van der Waals surface area contributed by atoms with Gasteiger partial charge in [0.2, 0.25) is 0 Å². The Morgan fingerprint density at radius 3 is 2.88 bits per heavy atom. The first-order valence-electron chi connectivity index (χ1n) is 5.51. The molecule has 2 unspecified atom stereocenters. The molecule has 1 fully saturated rings. The van der Waals surface area contributed by atoms with E-state index in [9.17, 15) is 14.4 Å². The largest absolute Gasteiger partial charge is 0.362 e. The minimum atomic E-state index is -0.689. The Kier molecular flexibility index (Phi) is 3.08. The van der Waals surface area contributed by atoms with Crippen molar-refractivity contribution in [3.05, 3.63) is 23.8 Å². The molecule has 1 saturated heterocycles. The molecule has 1 aliphatic heterocycles. The molecule has 17 heavy (non-hydrogen) atoms. The van der Waals surface area contributed by atoms with Gasteiger partial charge in [0.05, 0.1) is 17.5 Å². The summed E-state index contributed by atoms with van der Waals surface area (Å²) in [6.07, 6.45) is 6.91. The Hall–Kier alpha value is -1.91. The van der Waals surface area contributed by atoms with Crippen molar-refractivity contribution in [1.82, 2.24) is 5.06 Å². The molecular weight excluding hydrogens is 222 g/mol. The fourth-order valence-electron chi connectivity index (χ4n) is 1.94. The number of allylic oxidation sites excluding steroid dienone is 2. The average Bonchev–Trinajstić information content (AvgIpc) is 2.92. The van der Waals surface area contributed by atoms with Crippen molar-refractivity contribution in [3.63, 3.8) is 0 Å². The monoisotopic (exact) mass is 235 g/mol. The predicted octanol–water partition coefficient (Wildman–Crippen LogP) is 0.767. The van der Waals surface area contributed by atoms with Gasteiger partial charge in [-0.1, -0.05) is 18.2 Å². The quantitative estimate of drug-likeness (QED) is 0.535. The van der Waals surface area contributed by atoms with E-state index in [1.807, 2.05) is 6.08 Å². The van der Waals surface area contributed by atoms with Crippen LogP contribution in [0.25, 0.3) is 0 Å². The highest BCUT2D eigenvalue weighted by atomic mass is 16.7. The molecule has 90 valence electrons. The van der Waals surface area contributed by atoms with Gasteiger partial charge >= 0.3 is 5.97 Å². The summed E-state index contributed by atoms with van der Waals surface area (Å²) in [6, 6.07) is -0.257. The summed E-state index contributed by atoms with van der Waals surface area (Å²) in [5.41, 5.74) is 0.444. The molecule has 1 heterocycles. The van der Waals surface area contributed by atoms with Crippen LogP contribution in [0, 0.1) is 5.92 Å². The Bertz CT molecular complexity index is 424. The highest BCUT2D eigenvalue weighted by Gasteiger charge is 2.40. The number of hydrogen-bond acceptors (Lipinski definition) is 4. The number of amides is 1. The van der Waals surface area contributed by atoms with Crippen LogP contribution in [0.2, 0.25) is 0 Å². The molecule has 1 amide bonds. The van der Waals surface area contributed by atoms with E-state index >= 15 is 0 Å². The van der Waals surface area contributed by atoms with E-state index in [1.165, 1.54) is 0 Å². The lowest BCUT2D eigenvalue weighted by atomic mass is 10.1. The van der Waals surface area contributed by atoms with E-state index in [2.05, 4.69) is 0 Å². The first-order chi connectivity index (χ1) is 8.13. The second-order valence-corrected chi connectivity index (χ2v) is 4.17. The topological polar surface area (TPSA) is 63.7 Å². The van der Waals surface area contributed by atoms with Gasteiger partial charge in [0.1, 0.15) is 6.29 Å². The number of carbonyl (C=O) groups excluding carboxylic acids is 3. The van der Waals surface area contributed by atoms with Crippen molar-refractivity contribution >= 4 is 18.2 Å². The molecular formula is C12H13NO4. The summed E-state index contributed by atoms with van der Waals surface area (Å²) in [6.45, 7) is 1.74.